The number of hydrogen-bond donors (Lipinski definition) is 2. The molecule has 2 aromatic heterocycles. The Morgan fingerprint density at radius 3 is 2.93 bits per heavy atom. The molecule has 0 atom stereocenters. The molecule has 3 aromatic rings. The first-order valence-corrected chi connectivity index (χ1v) is 9.25. The molecule has 0 aliphatic carbocycles. The molecule has 142 valence electrons. The molecular weight excluding hydrogens is 340 g/mol. The molecule has 0 saturated carbocycles. The Bertz CT molecular complexity index is 889. The van der Waals surface area contributed by atoms with Gasteiger partial charge in [-0.1, -0.05) is 25.1 Å². The third-order valence-electron chi connectivity index (χ3n) is 4.10. The largest absolute Gasteiger partial charge is 0.494 e. The zero-order valence-corrected chi connectivity index (χ0v) is 15.9. The van der Waals surface area contributed by atoms with Gasteiger partial charge in [-0.25, -0.2) is 0 Å². The van der Waals surface area contributed by atoms with Gasteiger partial charge < -0.3 is 15.4 Å². The second-order valence-electron chi connectivity index (χ2n) is 6.14. The summed E-state index contributed by atoms with van der Waals surface area (Å²) < 4.78 is 7.65. The number of fused-ring (bicyclic) bond motifs is 1. The number of rotatable bonds is 8. The van der Waals surface area contributed by atoms with Crippen molar-refractivity contribution in [1.82, 2.24) is 25.2 Å². The molecule has 0 bridgehead atoms. The van der Waals surface area contributed by atoms with Crippen LogP contribution < -0.4 is 15.4 Å². The number of aliphatic imine (C=N–C) groups is 1. The highest BCUT2D eigenvalue weighted by Gasteiger charge is 2.05. The van der Waals surface area contributed by atoms with E-state index in [2.05, 4.69) is 44.9 Å². The number of benzene rings is 1. The summed E-state index contributed by atoms with van der Waals surface area (Å²) in [6.07, 6.45) is 3.85. The van der Waals surface area contributed by atoms with Gasteiger partial charge in [-0.3, -0.25) is 9.39 Å². The summed E-state index contributed by atoms with van der Waals surface area (Å²) in [7, 11) is 1.76. The standard InChI is InChI=1S/C20H26N6O/c1-3-13-27-17-8-6-7-16(14-17)10-11-22-20(21-2)23-15-19-25-24-18-9-4-5-12-26(18)19/h4-9,12,14H,3,10-11,13,15H2,1-2H3,(H2,21,22,23). The van der Waals surface area contributed by atoms with Crippen LogP contribution in [0.2, 0.25) is 0 Å². The molecule has 2 N–H and O–H groups in total. The molecule has 0 spiro atoms. The maximum absolute atomic E-state index is 5.69. The Kier molecular flexibility index (Phi) is 6.62. The van der Waals surface area contributed by atoms with E-state index in [0.717, 1.165) is 49.2 Å². The number of guanidine groups is 1. The number of ether oxygens (including phenoxy) is 1. The first-order chi connectivity index (χ1) is 13.3. The molecule has 27 heavy (non-hydrogen) atoms. The Morgan fingerprint density at radius 1 is 1.15 bits per heavy atom. The van der Waals surface area contributed by atoms with Crippen LogP contribution in [0.1, 0.15) is 24.7 Å². The normalized spacial score (nSPS) is 11.6. The first-order valence-electron chi connectivity index (χ1n) is 9.25. The number of pyridine rings is 1. The molecule has 7 nitrogen and oxygen atoms in total. The van der Waals surface area contributed by atoms with Crippen LogP contribution >= 0.6 is 0 Å². The molecule has 0 radical (unpaired) electrons. The molecule has 7 heteroatoms. The van der Waals surface area contributed by atoms with Gasteiger partial charge in [0.2, 0.25) is 0 Å². The minimum Gasteiger partial charge on any atom is -0.494 e. The zero-order valence-electron chi connectivity index (χ0n) is 15.9. The minimum absolute atomic E-state index is 0.547. The van der Waals surface area contributed by atoms with Gasteiger partial charge >= 0.3 is 0 Å². The highest BCUT2D eigenvalue weighted by molar-refractivity contribution is 5.79. The van der Waals surface area contributed by atoms with Gasteiger partial charge in [-0.15, -0.1) is 10.2 Å². The lowest BCUT2D eigenvalue weighted by Gasteiger charge is -2.12. The molecular formula is C20H26N6O. The average Bonchev–Trinajstić information content (AvgIpc) is 3.12. The van der Waals surface area contributed by atoms with Gasteiger partial charge in [0.25, 0.3) is 0 Å². The van der Waals surface area contributed by atoms with E-state index in [9.17, 15) is 0 Å². The van der Waals surface area contributed by atoms with Crippen molar-refractivity contribution in [3.63, 3.8) is 0 Å². The fourth-order valence-corrected chi connectivity index (χ4v) is 2.73. The predicted octanol–water partition coefficient (Wildman–Crippen LogP) is 2.43. The molecule has 0 amide bonds. The fraction of sp³-hybridized carbons (Fsp3) is 0.350. The van der Waals surface area contributed by atoms with Gasteiger partial charge in [0, 0.05) is 19.8 Å². The van der Waals surface area contributed by atoms with Crippen LogP contribution in [-0.2, 0) is 13.0 Å². The Morgan fingerprint density at radius 2 is 2.07 bits per heavy atom. The van der Waals surface area contributed by atoms with E-state index in [1.54, 1.807) is 7.05 Å². The lowest BCUT2D eigenvalue weighted by Crippen LogP contribution is -2.38. The van der Waals surface area contributed by atoms with E-state index in [0.29, 0.717) is 6.54 Å². The molecule has 1 aromatic carbocycles. The number of aromatic nitrogens is 3. The molecule has 3 rings (SSSR count). The lowest BCUT2D eigenvalue weighted by molar-refractivity contribution is 0.317. The lowest BCUT2D eigenvalue weighted by atomic mass is 10.1. The van der Waals surface area contributed by atoms with Crippen LogP contribution in [-0.4, -0.2) is 40.8 Å². The summed E-state index contributed by atoms with van der Waals surface area (Å²) in [6.45, 7) is 4.17. The highest BCUT2D eigenvalue weighted by Crippen LogP contribution is 2.13. The van der Waals surface area contributed by atoms with E-state index in [-0.39, 0.29) is 0 Å². The Hall–Kier alpha value is -3.09. The van der Waals surface area contributed by atoms with E-state index in [4.69, 9.17) is 4.74 Å². The second kappa shape index (κ2) is 9.56. The highest BCUT2D eigenvalue weighted by atomic mass is 16.5. The van der Waals surface area contributed by atoms with Crippen molar-refractivity contribution < 1.29 is 4.74 Å². The van der Waals surface area contributed by atoms with E-state index in [1.807, 2.05) is 40.9 Å². The SMILES string of the molecule is CCCOc1cccc(CCNC(=NC)NCc2nnc3ccccn23)c1. The summed E-state index contributed by atoms with van der Waals surface area (Å²) in [5.41, 5.74) is 2.07. The van der Waals surface area contributed by atoms with Gasteiger partial charge in [0.05, 0.1) is 13.2 Å². The number of nitrogens with zero attached hydrogens (tertiary/aromatic N) is 4. The molecule has 0 aliphatic rings. The summed E-state index contributed by atoms with van der Waals surface area (Å²) in [5.74, 6) is 2.51. The zero-order chi connectivity index (χ0) is 18.9. The van der Waals surface area contributed by atoms with Gasteiger partial charge in [-0.05, 0) is 42.7 Å². The maximum atomic E-state index is 5.69. The van der Waals surface area contributed by atoms with Crippen molar-refractivity contribution in [3.8, 4) is 5.75 Å². The van der Waals surface area contributed by atoms with Crippen molar-refractivity contribution >= 4 is 11.6 Å². The average molecular weight is 366 g/mol. The van der Waals surface area contributed by atoms with Crippen LogP contribution in [0.4, 0.5) is 0 Å². The van der Waals surface area contributed by atoms with Crippen LogP contribution in [0.15, 0.2) is 53.7 Å². The molecule has 0 aliphatic heterocycles. The smallest absolute Gasteiger partial charge is 0.191 e. The second-order valence-corrected chi connectivity index (χ2v) is 6.14. The van der Waals surface area contributed by atoms with Crippen LogP contribution in [0.25, 0.3) is 5.65 Å². The maximum Gasteiger partial charge on any atom is 0.191 e. The van der Waals surface area contributed by atoms with Gasteiger partial charge in [-0.2, -0.15) is 0 Å². The number of hydrogen-bond acceptors (Lipinski definition) is 4. The predicted molar refractivity (Wildman–Crippen MR) is 107 cm³/mol. The molecule has 0 saturated heterocycles. The Labute approximate surface area is 159 Å². The van der Waals surface area contributed by atoms with Crippen LogP contribution in [0.3, 0.4) is 0 Å². The monoisotopic (exact) mass is 366 g/mol. The first kappa shape index (κ1) is 18.7. The topological polar surface area (TPSA) is 75.8 Å². The minimum atomic E-state index is 0.547. The molecule has 2 heterocycles. The quantitative estimate of drug-likeness (QED) is 0.473. The van der Waals surface area contributed by atoms with E-state index in [1.165, 1.54) is 5.56 Å². The van der Waals surface area contributed by atoms with Crippen molar-refractivity contribution in [2.45, 2.75) is 26.3 Å². The van der Waals surface area contributed by atoms with Crippen molar-refractivity contribution in [2.75, 3.05) is 20.2 Å². The molecule has 0 unspecified atom stereocenters. The van der Waals surface area contributed by atoms with Crippen LogP contribution in [0, 0.1) is 0 Å². The molecule has 0 fully saturated rings. The summed E-state index contributed by atoms with van der Waals surface area (Å²) >= 11 is 0. The van der Waals surface area contributed by atoms with Crippen molar-refractivity contribution in [2.24, 2.45) is 4.99 Å². The summed E-state index contributed by atoms with van der Waals surface area (Å²) in [4.78, 5) is 4.27. The summed E-state index contributed by atoms with van der Waals surface area (Å²) in [6, 6.07) is 14.1. The van der Waals surface area contributed by atoms with E-state index < -0.39 is 0 Å². The third-order valence-corrected chi connectivity index (χ3v) is 4.10. The third kappa shape index (κ3) is 5.20. The Balaban J connectivity index is 1.48. The van der Waals surface area contributed by atoms with Gasteiger partial charge in [0.15, 0.2) is 17.4 Å². The van der Waals surface area contributed by atoms with Crippen molar-refractivity contribution in [1.29, 1.82) is 0 Å². The number of nitrogens with one attached hydrogen (secondary N) is 2. The van der Waals surface area contributed by atoms with Crippen LogP contribution in [0.5, 0.6) is 5.75 Å². The van der Waals surface area contributed by atoms with Crippen molar-refractivity contribution in [3.05, 3.63) is 60.0 Å². The fourth-order valence-electron chi connectivity index (χ4n) is 2.73. The van der Waals surface area contributed by atoms with E-state index >= 15 is 0 Å². The van der Waals surface area contributed by atoms with Gasteiger partial charge in [0.1, 0.15) is 5.75 Å². The summed E-state index contributed by atoms with van der Waals surface area (Å²) in [5, 5.41) is 15.0.